The Kier molecular flexibility index (Phi) is 4.46. The molecule has 4 heteroatoms. The Morgan fingerprint density at radius 2 is 1.93 bits per heavy atom. The first kappa shape index (κ1) is 11.9. The van der Waals surface area contributed by atoms with E-state index < -0.39 is 0 Å². The fourth-order valence-electron chi connectivity index (χ4n) is 1.70. The number of nitrogens with zero attached hydrogens (tertiary/aromatic N) is 2. The van der Waals surface area contributed by atoms with Gasteiger partial charge in [-0.1, -0.05) is 33.1 Å². The van der Waals surface area contributed by atoms with Crippen LogP contribution < -0.4 is 11.6 Å². The number of anilines is 1. The quantitative estimate of drug-likeness (QED) is 0.556. The third-order valence-electron chi connectivity index (χ3n) is 2.68. The van der Waals surface area contributed by atoms with E-state index in [1.807, 2.05) is 6.92 Å². The van der Waals surface area contributed by atoms with Crippen LogP contribution in [0, 0.1) is 0 Å². The first-order valence-electron chi connectivity index (χ1n) is 5.81. The predicted molar refractivity (Wildman–Crippen MR) is 64.0 cm³/mol. The molecule has 86 valence electrons. The van der Waals surface area contributed by atoms with Crippen molar-refractivity contribution in [3.63, 3.8) is 0 Å². The minimum atomic E-state index is 0.628. The van der Waals surface area contributed by atoms with Gasteiger partial charge in [0.15, 0.2) is 0 Å². The van der Waals surface area contributed by atoms with Gasteiger partial charge >= 0.3 is 0 Å². The largest absolute Gasteiger partial charge is 0.382 e. The Morgan fingerprint density at radius 1 is 1.20 bits per heavy atom. The molecule has 1 heterocycles. The van der Waals surface area contributed by atoms with Gasteiger partial charge in [-0.05, 0) is 12.8 Å². The summed E-state index contributed by atoms with van der Waals surface area (Å²) in [5, 5.41) is 0. The molecule has 15 heavy (non-hydrogen) atoms. The molecule has 1 aromatic heterocycles. The maximum atomic E-state index is 5.87. The van der Waals surface area contributed by atoms with Gasteiger partial charge < -0.3 is 11.6 Å². The number of hydrogen-bond donors (Lipinski definition) is 2. The maximum Gasteiger partial charge on any atom is 0.145 e. The van der Waals surface area contributed by atoms with Crippen molar-refractivity contribution < 1.29 is 0 Å². The average Bonchev–Trinajstić information content (AvgIpc) is 2.52. The van der Waals surface area contributed by atoms with Crippen molar-refractivity contribution in [2.24, 2.45) is 0 Å². The van der Waals surface area contributed by atoms with Crippen molar-refractivity contribution >= 4 is 5.82 Å². The van der Waals surface area contributed by atoms with Crippen molar-refractivity contribution in [2.75, 3.05) is 11.6 Å². The van der Waals surface area contributed by atoms with Gasteiger partial charge in [0.1, 0.15) is 11.6 Å². The lowest BCUT2D eigenvalue weighted by Crippen LogP contribution is -2.15. The van der Waals surface area contributed by atoms with E-state index in [9.17, 15) is 0 Å². The van der Waals surface area contributed by atoms with Crippen molar-refractivity contribution in [1.82, 2.24) is 9.66 Å². The highest BCUT2D eigenvalue weighted by atomic mass is 15.4. The van der Waals surface area contributed by atoms with Crippen LogP contribution in [-0.4, -0.2) is 9.66 Å². The van der Waals surface area contributed by atoms with Crippen LogP contribution in [0.2, 0.25) is 0 Å². The summed E-state index contributed by atoms with van der Waals surface area (Å²) >= 11 is 0. The molecule has 0 atom stereocenters. The van der Waals surface area contributed by atoms with Crippen molar-refractivity contribution in [2.45, 2.75) is 52.4 Å². The highest BCUT2D eigenvalue weighted by molar-refractivity contribution is 5.38. The Hall–Kier alpha value is -1.19. The first-order valence-corrected chi connectivity index (χ1v) is 5.81. The van der Waals surface area contributed by atoms with Crippen LogP contribution in [0.15, 0.2) is 0 Å². The number of aromatic nitrogens is 2. The molecule has 0 fully saturated rings. The lowest BCUT2D eigenvalue weighted by molar-refractivity contribution is 0.662. The van der Waals surface area contributed by atoms with Crippen LogP contribution in [-0.2, 0) is 12.8 Å². The zero-order chi connectivity index (χ0) is 11.3. The highest BCUT2D eigenvalue weighted by Crippen LogP contribution is 2.15. The Labute approximate surface area is 91.6 Å². The molecule has 4 N–H and O–H groups in total. The van der Waals surface area contributed by atoms with Gasteiger partial charge in [0.2, 0.25) is 0 Å². The fraction of sp³-hybridized carbons (Fsp3) is 0.727. The number of imidazole rings is 1. The van der Waals surface area contributed by atoms with Crippen LogP contribution in [0.1, 0.15) is 51.0 Å². The maximum absolute atomic E-state index is 5.87. The van der Waals surface area contributed by atoms with Crippen LogP contribution in [0.4, 0.5) is 5.82 Å². The second kappa shape index (κ2) is 5.63. The summed E-state index contributed by atoms with van der Waals surface area (Å²) in [5.74, 6) is 7.27. The fourth-order valence-corrected chi connectivity index (χ4v) is 1.70. The van der Waals surface area contributed by atoms with Crippen LogP contribution in [0.25, 0.3) is 0 Å². The molecule has 0 aliphatic carbocycles. The molecule has 0 bridgehead atoms. The molecule has 0 aliphatic heterocycles. The number of unbranched alkanes of at least 4 members (excludes halogenated alkanes) is 3. The summed E-state index contributed by atoms with van der Waals surface area (Å²) in [6.45, 7) is 4.24. The van der Waals surface area contributed by atoms with E-state index in [-0.39, 0.29) is 0 Å². The minimum Gasteiger partial charge on any atom is -0.382 e. The molecule has 0 spiro atoms. The Balaban J connectivity index is 2.53. The Bertz CT molecular complexity index is 304. The smallest absolute Gasteiger partial charge is 0.145 e. The van der Waals surface area contributed by atoms with Gasteiger partial charge in [-0.2, -0.15) is 0 Å². The van der Waals surface area contributed by atoms with Crippen LogP contribution in [0.5, 0.6) is 0 Å². The number of rotatable bonds is 6. The van der Waals surface area contributed by atoms with Crippen molar-refractivity contribution in [1.29, 1.82) is 0 Å². The zero-order valence-electron chi connectivity index (χ0n) is 9.79. The summed E-state index contributed by atoms with van der Waals surface area (Å²) in [6, 6.07) is 0. The molecule has 1 aromatic rings. The van der Waals surface area contributed by atoms with E-state index in [1.54, 1.807) is 0 Å². The molecular formula is C11H22N4. The third-order valence-corrected chi connectivity index (χ3v) is 2.68. The van der Waals surface area contributed by atoms with E-state index in [4.69, 9.17) is 11.6 Å². The summed E-state index contributed by atoms with van der Waals surface area (Å²) in [4.78, 5) is 4.44. The number of nitrogen functional groups attached to an aromatic ring is 2. The van der Waals surface area contributed by atoms with Gasteiger partial charge in [-0.15, -0.1) is 0 Å². The minimum absolute atomic E-state index is 0.628. The molecule has 0 saturated carbocycles. The molecule has 0 aliphatic rings. The average molecular weight is 210 g/mol. The topological polar surface area (TPSA) is 69.9 Å². The second-order valence-electron chi connectivity index (χ2n) is 3.89. The van der Waals surface area contributed by atoms with E-state index >= 15 is 0 Å². The van der Waals surface area contributed by atoms with Gasteiger partial charge in [0, 0.05) is 6.42 Å². The molecule has 4 nitrogen and oxygen atoms in total. The standard InChI is InChI=1S/C11H22N4/c1-3-5-6-7-8-9-11(12)15(13)10(4-2)14-9/h3-8,12-13H2,1-2H3. The summed E-state index contributed by atoms with van der Waals surface area (Å²) in [7, 11) is 0. The molecule has 0 saturated heterocycles. The monoisotopic (exact) mass is 210 g/mol. The molecule has 0 amide bonds. The number of hydrogen-bond acceptors (Lipinski definition) is 3. The zero-order valence-corrected chi connectivity index (χ0v) is 9.79. The summed E-state index contributed by atoms with van der Waals surface area (Å²) in [6.07, 6.45) is 6.70. The van der Waals surface area contributed by atoms with E-state index in [1.165, 1.54) is 23.9 Å². The van der Waals surface area contributed by atoms with Crippen molar-refractivity contribution in [3.8, 4) is 0 Å². The first-order chi connectivity index (χ1) is 7.20. The molecule has 0 aromatic carbocycles. The third kappa shape index (κ3) is 2.88. The summed E-state index contributed by atoms with van der Waals surface area (Å²) < 4.78 is 1.51. The number of aryl methyl sites for hydroxylation is 2. The number of nitrogens with two attached hydrogens (primary N) is 2. The second-order valence-corrected chi connectivity index (χ2v) is 3.89. The lowest BCUT2D eigenvalue weighted by atomic mass is 10.1. The normalized spacial score (nSPS) is 10.8. The SMILES string of the molecule is CCCCCCc1nc(CC)n(N)c1N. The van der Waals surface area contributed by atoms with Crippen molar-refractivity contribution in [3.05, 3.63) is 11.5 Å². The van der Waals surface area contributed by atoms with E-state index in [0.717, 1.165) is 30.8 Å². The Morgan fingerprint density at radius 3 is 2.47 bits per heavy atom. The molecule has 1 rings (SSSR count). The lowest BCUT2D eigenvalue weighted by Gasteiger charge is -2.00. The van der Waals surface area contributed by atoms with E-state index in [0.29, 0.717) is 5.82 Å². The highest BCUT2D eigenvalue weighted by Gasteiger charge is 2.10. The van der Waals surface area contributed by atoms with Gasteiger partial charge in [-0.3, -0.25) is 0 Å². The molecule has 0 unspecified atom stereocenters. The van der Waals surface area contributed by atoms with Gasteiger partial charge in [0.05, 0.1) is 5.69 Å². The van der Waals surface area contributed by atoms with Gasteiger partial charge in [-0.25, -0.2) is 9.66 Å². The molecular weight excluding hydrogens is 188 g/mol. The van der Waals surface area contributed by atoms with Crippen LogP contribution in [0.3, 0.4) is 0 Å². The van der Waals surface area contributed by atoms with Crippen LogP contribution >= 0.6 is 0 Å². The van der Waals surface area contributed by atoms with Gasteiger partial charge in [0.25, 0.3) is 0 Å². The molecule has 0 radical (unpaired) electrons. The van der Waals surface area contributed by atoms with E-state index in [2.05, 4.69) is 11.9 Å². The predicted octanol–water partition coefficient (Wildman–Crippen LogP) is 1.86. The summed E-state index contributed by atoms with van der Waals surface area (Å²) in [5.41, 5.74) is 6.83.